The molecule has 1 N–H and O–H groups in total. The molecule has 0 aliphatic rings. The van der Waals surface area contributed by atoms with Gasteiger partial charge in [0.15, 0.2) is 0 Å². The monoisotopic (exact) mass is 156 g/mol. The summed E-state index contributed by atoms with van der Waals surface area (Å²) in [6, 6.07) is 0. The van der Waals surface area contributed by atoms with Gasteiger partial charge in [0.05, 0.1) is 6.10 Å². The summed E-state index contributed by atoms with van der Waals surface area (Å²) in [5, 5.41) is 9.14. The van der Waals surface area contributed by atoms with E-state index in [-0.39, 0.29) is 6.10 Å². The van der Waals surface area contributed by atoms with Gasteiger partial charge < -0.3 is 5.11 Å². The van der Waals surface area contributed by atoms with Crippen LogP contribution >= 0.6 is 0 Å². The van der Waals surface area contributed by atoms with Gasteiger partial charge in [0.2, 0.25) is 0 Å². The van der Waals surface area contributed by atoms with Crippen LogP contribution in [0.3, 0.4) is 0 Å². The van der Waals surface area contributed by atoms with E-state index < -0.39 is 0 Å². The van der Waals surface area contributed by atoms with E-state index in [0.717, 1.165) is 19.3 Å². The number of aliphatic hydroxyl groups excluding tert-OH is 1. The van der Waals surface area contributed by atoms with E-state index in [4.69, 9.17) is 5.11 Å². The Morgan fingerprint density at radius 1 is 1.00 bits per heavy atom. The summed E-state index contributed by atoms with van der Waals surface area (Å²) in [6.45, 7) is 7.42. The second-order valence-electron chi connectivity index (χ2n) is 3.00. The van der Waals surface area contributed by atoms with Crippen LogP contribution < -0.4 is 0 Å². The van der Waals surface area contributed by atoms with Crippen molar-refractivity contribution in [1.82, 2.24) is 0 Å². The molecule has 2 radical (unpaired) electrons. The van der Waals surface area contributed by atoms with Crippen LogP contribution in [-0.2, 0) is 0 Å². The van der Waals surface area contributed by atoms with Crippen LogP contribution in [0.1, 0.15) is 44.9 Å². The predicted molar refractivity (Wildman–Crippen MR) is 49.0 cm³/mol. The van der Waals surface area contributed by atoms with Gasteiger partial charge in [-0.05, 0) is 12.8 Å². The lowest BCUT2D eigenvalue weighted by atomic mass is 10.1. The van der Waals surface area contributed by atoms with E-state index in [1.54, 1.807) is 0 Å². The molecule has 0 aliphatic heterocycles. The van der Waals surface area contributed by atoms with Crippen molar-refractivity contribution in [2.24, 2.45) is 0 Å². The van der Waals surface area contributed by atoms with E-state index in [9.17, 15) is 0 Å². The van der Waals surface area contributed by atoms with Crippen LogP contribution in [0.5, 0.6) is 0 Å². The molecule has 0 saturated carbocycles. The Morgan fingerprint density at radius 3 is 2.18 bits per heavy atom. The highest BCUT2D eigenvalue weighted by atomic mass is 16.3. The maximum Gasteiger partial charge on any atom is 0.0540 e. The summed E-state index contributed by atoms with van der Waals surface area (Å²) in [4.78, 5) is 0. The lowest BCUT2D eigenvalue weighted by Crippen LogP contribution is -2.03. The third-order valence-corrected chi connectivity index (χ3v) is 1.87. The predicted octanol–water partition coefficient (Wildman–Crippen LogP) is 2.75. The zero-order valence-corrected chi connectivity index (χ0v) is 7.39. The molecule has 0 aromatic carbocycles. The van der Waals surface area contributed by atoms with E-state index >= 15 is 0 Å². The fourth-order valence-corrected chi connectivity index (χ4v) is 1.05. The van der Waals surface area contributed by atoms with Gasteiger partial charge in [-0.1, -0.05) is 46.0 Å². The van der Waals surface area contributed by atoms with Gasteiger partial charge in [-0.2, -0.15) is 0 Å². The van der Waals surface area contributed by atoms with Crippen LogP contribution in [0.25, 0.3) is 0 Å². The molecule has 1 nitrogen and oxygen atoms in total. The smallest absolute Gasteiger partial charge is 0.0540 e. The summed E-state index contributed by atoms with van der Waals surface area (Å²) in [5.74, 6) is 0. The number of rotatable bonds is 7. The molecular formula is C10H20O. The number of hydrogen-bond donors (Lipinski definition) is 1. The minimum Gasteiger partial charge on any atom is -0.393 e. The lowest BCUT2D eigenvalue weighted by molar-refractivity contribution is 0.163. The van der Waals surface area contributed by atoms with E-state index in [0.29, 0.717) is 6.42 Å². The van der Waals surface area contributed by atoms with Crippen molar-refractivity contribution < 1.29 is 5.11 Å². The van der Waals surface area contributed by atoms with Crippen LogP contribution in [0.4, 0.5) is 0 Å². The number of aliphatic hydroxyl groups is 1. The first-order valence-electron chi connectivity index (χ1n) is 4.57. The minimum atomic E-state index is -0.172. The van der Waals surface area contributed by atoms with Gasteiger partial charge in [0, 0.05) is 0 Å². The molecular weight excluding hydrogens is 136 g/mol. The number of hydrogen-bond acceptors (Lipinski definition) is 1. The molecule has 1 unspecified atom stereocenters. The largest absolute Gasteiger partial charge is 0.393 e. The SMILES string of the molecule is [CH2]CCCCCCC(O)C[CH2]. The van der Waals surface area contributed by atoms with Crippen molar-refractivity contribution in [3.05, 3.63) is 13.8 Å². The van der Waals surface area contributed by atoms with E-state index in [1.165, 1.54) is 19.3 Å². The zero-order valence-electron chi connectivity index (χ0n) is 7.39. The zero-order chi connectivity index (χ0) is 8.53. The van der Waals surface area contributed by atoms with Gasteiger partial charge in [0.25, 0.3) is 0 Å². The van der Waals surface area contributed by atoms with Gasteiger partial charge in [-0.3, -0.25) is 0 Å². The molecule has 1 heteroatoms. The Bertz CT molecular complexity index is 71.3. The van der Waals surface area contributed by atoms with Crippen molar-refractivity contribution in [2.75, 3.05) is 0 Å². The Hall–Kier alpha value is -0.0400. The Morgan fingerprint density at radius 2 is 1.64 bits per heavy atom. The lowest BCUT2D eigenvalue weighted by Gasteiger charge is -2.05. The average molecular weight is 156 g/mol. The molecule has 0 aromatic heterocycles. The molecule has 11 heavy (non-hydrogen) atoms. The molecule has 0 saturated heterocycles. The van der Waals surface area contributed by atoms with Crippen LogP contribution in [0.2, 0.25) is 0 Å². The summed E-state index contributed by atoms with van der Waals surface area (Å²) in [6.07, 6.45) is 7.28. The van der Waals surface area contributed by atoms with E-state index in [1.807, 2.05) is 0 Å². The Balaban J connectivity index is 2.89. The molecule has 0 heterocycles. The summed E-state index contributed by atoms with van der Waals surface area (Å²) >= 11 is 0. The maximum atomic E-state index is 9.14. The van der Waals surface area contributed by atoms with Crippen molar-refractivity contribution >= 4 is 0 Å². The molecule has 0 amide bonds. The summed E-state index contributed by atoms with van der Waals surface area (Å²) in [7, 11) is 0. The van der Waals surface area contributed by atoms with Crippen molar-refractivity contribution in [1.29, 1.82) is 0 Å². The second kappa shape index (κ2) is 8.06. The fourth-order valence-electron chi connectivity index (χ4n) is 1.05. The summed E-state index contributed by atoms with van der Waals surface area (Å²) < 4.78 is 0. The average Bonchev–Trinajstić information content (AvgIpc) is 2.04. The second-order valence-corrected chi connectivity index (χ2v) is 3.00. The molecule has 0 aromatic rings. The van der Waals surface area contributed by atoms with Crippen molar-refractivity contribution in [3.63, 3.8) is 0 Å². The maximum absolute atomic E-state index is 9.14. The first-order valence-corrected chi connectivity index (χ1v) is 4.57. The van der Waals surface area contributed by atoms with E-state index in [2.05, 4.69) is 13.8 Å². The molecule has 0 bridgehead atoms. The molecule has 1 atom stereocenters. The van der Waals surface area contributed by atoms with Crippen molar-refractivity contribution in [3.8, 4) is 0 Å². The summed E-state index contributed by atoms with van der Waals surface area (Å²) in [5.41, 5.74) is 0. The quantitative estimate of drug-likeness (QED) is 0.562. The van der Waals surface area contributed by atoms with Crippen LogP contribution in [0.15, 0.2) is 0 Å². The van der Waals surface area contributed by atoms with Crippen LogP contribution in [-0.4, -0.2) is 11.2 Å². The van der Waals surface area contributed by atoms with Gasteiger partial charge >= 0.3 is 0 Å². The van der Waals surface area contributed by atoms with Crippen molar-refractivity contribution in [2.45, 2.75) is 51.0 Å². The third-order valence-electron chi connectivity index (χ3n) is 1.87. The highest BCUT2D eigenvalue weighted by molar-refractivity contribution is 4.56. The molecule has 0 rings (SSSR count). The molecule has 66 valence electrons. The highest BCUT2D eigenvalue weighted by Crippen LogP contribution is 2.08. The molecule has 0 aliphatic carbocycles. The molecule has 0 fully saturated rings. The fraction of sp³-hybridized carbons (Fsp3) is 0.800. The van der Waals surface area contributed by atoms with Gasteiger partial charge in [-0.15, -0.1) is 0 Å². The Labute approximate surface area is 70.8 Å². The minimum absolute atomic E-state index is 0.172. The normalized spacial score (nSPS) is 13.4. The first kappa shape index (κ1) is 11.0. The first-order chi connectivity index (χ1) is 5.31. The topological polar surface area (TPSA) is 20.2 Å². The van der Waals surface area contributed by atoms with Gasteiger partial charge in [-0.25, -0.2) is 0 Å². The van der Waals surface area contributed by atoms with Gasteiger partial charge in [0.1, 0.15) is 0 Å². The highest BCUT2D eigenvalue weighted by Gasteiger charge is 1.98. The van der Waals surface area contributed by atoms with Crippen LogP contribution in [0, 0.1) is 13.8 Å². The standard InChI is InChI=1S/C10H20O/c1-3-5-6-7-8-9-10(11)4-2/h10-11H,1-9H2. The Kier molecular flexibility index (Phi) is 8.03. The number of unbranched alkanes of at least 4 members (excludes halogenated alkanes) is 4. The third kappa shape index (κ3) is 7.86. The molecule has 0 spiro atoms.